The first-order valence-corrected chi connectivity index (χ1v) is 5.06. The summed E-state index contributed by atoms with van der Waals surface area (Å²) in [6, 6.07) is 2.66. The Labute approximate surface area is 99.9 Å². The maximum absolute atomic E-state index is 11.4. The number of hydrogen-bond donors (Lipinski definition) is 4. The lowest BCUT2D eigenvalue weighted by molar-refractivity contribution is 0.0697. The number of benzene rings is 1. The molecule has 1 aromatic carbocycles. The number of hydrazine groups is 1. The van der Waals surface area contributed by atoms with E-state index in [1.807, 2.05) is 5.43 Å². The molecule has 1 rings (SSSR count). The third-order valence-corrected chi connectivity index (χ3v) is 2.59. The van der Waals surface area contributed by atoms with Crippen LogP contribution in [-0.4, -0.2) is 24.0 Å². The highest BCUT2D eigenvalue weighted by Gasteiger charge is 2.16. The Kier molecular flexibility index (Phi) is 3.86. The molecular formula is C9H10BrN3O3. The van der Waals surface area contributed by atoms with E-state index in [9.17, 15) is 9.59 Å². The first-order valence-electron chi connectivity index (χ1n) is 4.26. The Morgan fingerprint density at radius 1 is 1.44 bits per heavy atom. The van der Waals surface area contributed by atoms with Crippen molar-refractivity contribution in [2.24, 2.45) is 5.84 Å². The van der Waals surface area contributed by atoms with Gasteiger partial charge in [0.2, 0.25) is 0 Å². The lowest BCUT2D eigenvalue weighted by Gasteiger charge is -2.11. The molecule has 0 bridgehead atoms. The molecular weight excluding hydrogens is 278 g/mol. The number of anilines is 1. The lowest BCUT2D eigenvalue weighted by atomic mass is 10.1. The van der Waals surface area contributed by atoms with Crippen LogP contribution in [0.4, 0.5) is 5.69 Å². The molecule has 0 heterocycles. The Hall–Kier alpha value is -1.60. The standard InChI is InChI=1S/C9H10BrN3O3/c1-12-7-5(8(14)13-11)2-4(9(15)16)3-6(7)10/h2-3,12H,11H2,1H3,(H,13,14)(H,15,16). The number of carboxylic acid groups (broad SMARTS) is 1. The summed E-state index contributed by atoms with van der Waals surface area (Å²) in [5.74, 6) is 3.34. The van der Waals surface area contributed by atoms with Crippen LogP contribution >= 0.6 is 15.9 Å². The van der Waals surface area contributed by atoms with Crippen molar-refractivity contribution in [3.63, 3.8) is 0 Å². The number of nitrogens with two attached hydrogens (primary N) is 1. The number of rotatable bonds is 3. The Balaban J connectivity index is 3.42. The molecule has 16 heavy (non-hydrogen) atoms. The largest absolute Gasteiger partial charge is 0.478 e. The molecule has 6 nitrogen and oxygen atoms in total. The van der Waals surface area contributed by atoms with Crippen LogP contribution < -0.4 is 16.6 Å². The quantitative estimate of drug-likeness (QED) is 0.374. The number of amides is 1. The Morgan fingerprint density at radius 3 is 2.50 bits per heavy atom. The SMILES string of the molecule is CNc1c(Br)cc(C(=O)O)cc1C(=O)NN. The number of aromatic carboxylic acids is 1. The molecule has 7 heteroatoms. The van der Waals surface area contributed by atoms with Gasteiger partial charge in [0.05, 0.1) is 16.8 Å². The van der Waals surface area contributed by atoms with Crippen molar-refractivity contribution in [3.05, 3.63) is 27.7 Å². The second-order valence-electron chi connectivity index (χ2n) is 2.91. The zero-order valence-electron chi connectivity index (χ0n) is 8.37. The fourth-order valence-electron chi connectivity index (χ4n) is 1.24. The van der Waals surface area contributed by atoms with Crippen molar-refractivity contribution in [2.45, 2.75) is 0 Å². The van der Waals surface area contributed by atoms with Crippen LogP contribution in [0.15, 0.2) is 16.6 Å². The van der Waals surface area contributed by atoms with Crippen molar-refractivity contribution >= 4 is 33.5 Å². The van der Waals surface area contributed by atoms with Crippen LogP contribution in [0.5, 0.6) is 0 Å². The van der Waals surface area contributed by atoms with Gasteiger partial charge in [-0.15, -0.1) is 0 Å². The maximum atomic E-state index is 11.4. The van der Waals surface area contributed by atoms with E-state index in [0.717, 1.165) is 0 Å². The lowest BCUT2D eigenvalue weighted by Crippen LogP contribution is -2.30. The highest BCUT2D eigenvalue weighted by Crippen LogP contribution is 2.28. The van der Waals surface area contributed by atoms with Gasteiger partial charge in [0.25, 0.3) is 5.91 Å². The van der Waals surface area contributed by atoms with E-state index in [1.165, 1.54) is 12.1 Å². The molecule has 1 amide bonds. The van der Waals surface area contributed by atoms with Crippen molar-refractivity contribution in [3.8, 4) is 0 Å². The van der Waals surface area contributed by atoms with Gasteiger partial charge in [0.15, 0.2) is 0 Å². The summed E-state index contributed by atoms with van der Waals surface area (Å²) in [4.78, 5) is 22.2. The minimum Gasteiger partial charge on any atom is -0.478 e. The number of carboxylic acids is 1. The van der Waals surface area contributed by atoms with Gasteiger partial charge in [-0.2, -0.15) is 0 Å². The van der Waals surface area contributed by atoms with Gasteiger partial charge in [-0.05, 0) is 28.1 Å². The van der Waals surface area contributed by atoms with Gasteiger partial charge >= 0.3 is 5.97 Å². The minimum absolute atomic E-state index is 0.00414. The summed E-state index contributed by atoms with van der Waals surface area (Å²) in [6.45, 7) is 0. The zero-order chi connectivity index (χ0) is 12.3. The fraction of sp³-hybridized carbons (Fsp3) is 0.111. The average molecular weight is 288 g/mol. The van der Waals surface area contributed by atoms with Crippen molar-refractivity contribution in [1.29, 1.82) is 0 Å². The molecule has 0 atom stereocenters. The normalized spacial score (nSPS) is 9.69. The number of hydrogen-bond acceptors (Lipinski definition) is 4. The van der Waals surface area contributed by atoms with E-state index < -0.39 is 11.9 Å². The molecule has 1 aromatic rings. The number of carbonyl (C=O) groups excluding carboxylic acids is 1. The summed E-state index contributed by atoms with van der Waals surface area (Å²) in [5, 5.41) is 11.6. The van der Waals surface area contributed by atoms with Crippen LogP contribution in [0, 0.1) is 0 Å². The van der Waals surface area contributed by atoms with E-state index in [4.69, 9.17) is 10.9 Å². The molecule has 0 aliphatic carbocycles. The van der Waals surface area contributed by atoms with Gasteiger partial charge < -0.3 is 10.4 Å². The van der Waals surface area contributed by atoms with E-state index in [-0.39, 0.29) is 11.1 Å². The van der Waals surface area contributed by atoms with Crippen LogP contribution in [0.3, 0.4) is 0 Å². The van der Waals surface area contributed by atoms with Gasteiger partial charge in [0, 0.05) is 11.5 Å². The zero-order valence-corrected chi connectivity index (χ0v) is 9.96. The molecule has 0 saturated heterocycles. The van der Waals surface area contributed by atoms with E-state index in [0.29, 0.717) is 10.2 Å². The third-order valence-electron chi connectivity index (χ3n) is 1.96. The van der Waals surface area contributed by atoms with Crippen LogP contribution in [0.2, 0.25) is 0 Å². The number of halogens is 1. The van der Waals surface area contributed by atoms with Crippen LogP contribution in [-0.2, 0) is 0 Å². The summed E-state index contributed by atoms with van der Waals surface area (Å²) in [6.07, 6.45) is 0. The van der Waals surface area contributed by atoms with Gasteiger partial charge in [-0.1, -0.05) is 0 Å². The first-order chi connectivity index (χ1) is 7.51. The minimum atomic E-state index is -1.12. The average Bonchev–Trinajstić information content (AvgIpc) is 2.26. The monoisotopic (exact) mass is 287 g/mol. The van der Waals surface area contributed by atoms with Gasteiger partial charge in [-0.25, -0.2) is 10.6 Å². The highest BCUT2D eigenvalue weighted by molar-refractivity contribution is 9.10. The smallest absolute Gasteiger partial charge is 0.335 e. The number of nitrogen functional groups attached to an aromatic ring is 1. The fourth-order valence-corrected chi connectivity index (χ4v) is 1.90. The van der Waals surface area contributed by atoms with Crippen molar-refractivity contribution < 1.29 is 14.7 Å². The van der Waals surface area contributed by atoms with E-state index in [2.05, 4.69) is 21.2 Å². The van der Waals surface area contributed by atoms with E-state index >= 15 is 0 Å². The summed E-state index contributed by atoms with van der Waals surface area (Å²) in [5.41, 5.74) is 2.60. The van der Waals surface area contributed by atoms with Crippen molar-refractivity contribution in [1.82, 2.24) is 5.43 Å². The third kappa shape index (κ3) is 2.31. The van der Waals surface area contributed by atoms with Gasteiger partial charge in [0.1, 0.15) is 0 Å². The second-order valence-corrected chi connectivity index (χ2v) is 3.76. The Bertz CT molecular complexity index is 448. The maximum Gasteiger partial charge on any atom is 0.335 e. The van der Waals surface area contributed by atoms with Crippen LogP contribution in [0.25, 0.3) is 0 Å². The molecule has 0 aliphatic heterocycles. The highest BCUT2D eigenvalue weighted by atomic mass is 79.9. The molecule has 5 N–H and O–H groups in total. The van der Waals surface area contributed by atoms with Gasteiger partial charge in [-0.3, -0.25) is 10.2 Å². The molecule has 0 spiro atoms. The predicted octanol–water partition coefficient (Wildman–Crippen LogP) is 0.792. The summed E-state index contributed by atoms with van der Waals surface area (Å²) < 4.78 is 0.480. The number of carbonyl (C=O) groups is 2. The summed E-state index contributed by atoms with van der Waals surface area (Å²) in [7, 11) is 1.62. The molecule has 0 saturated carbocycles. The molecule has 86 valence electrons. The first kappa shape index (κ1) is 12.5. The second kappa shape index (κ2) is 4.95. The van der Waals surface area contributed by atoms with Crippen LogP contribution in [0.1, 0.15) is 20.7 Å². The molecule has 0 aliphatic rings. The molecule has 0 fully saturated rings. The molecule has 0 aromatic heterocycles. The Morgan fingerprint density at radius 2 is 2.06 bits per heavy atom. The molecule has 0 radical (unpaired) electrons. The topological polar surface area (TPSA) is 104 Å². The molecule has 0 unspecified atom stereocenters. The van der Waals surface area contributed by atoms with E-state index in [1.54, 1.807) is 7.05 Å². The predicted molar refractivity (Wildman–Crippen MR) is 62.3 cm³/mol. The number of nitrogens with one attached hydrogen (secondary N) is 2. The summed E-state index contributed by atoms with van der Waals surface area (Å²) >= 11 is 3.18. The van der Waals surface area contributed by atoms with Crippen molar-refractivity contribution in [2.75, 3.05) is 12.4 Å².